The van der Waals surface area contributed by atoms with Crippen LogP contribution in [0, 0.1) is 0 Å². The van der Waals surface area contributed by atoms with Gasteiger partial charge in [0.25, 0.3) is 5.91 Å². The van der Waals surface area contributed by atoms with Crippen LogP contribution in [-0.2, 0) is 46.3 Å². The third-order valence-electron chi connectivity index (χ3n) is 10.4. The molecule has 11 N–H and O–H groups in total. The van der Waals surface area contributed by atoms with E-state index in [0.29, 0.717) is 11.1 Å². The number of H-pyrrole nitrogens is 1. The lowest BCUT2D eigenvalue weighted by molar-refractivity contribution is -0.156. The van der Waals surface area contributed by atoms with Crippen molar-refractivity contribution in [2.24, 2.45) is 0 Å². The molecule has 0 bridgehead atoms. The fourth-order valence-electron chi connectivity index (χ4n) is 7.11. The second-order valence-corrected chi connectivity index (χ2v) is 15.9. The molecule has 1 saturated heterocycles. The second kappa shape index (κ2) is 21.1. The largest absolute Gasteiger partial charge is 0.508 e. The predicted molar refractivity (Wildman–Crippen MR) is 236 cm³/mol. The molecule has 0 radical (unpaired) electrons. The minimum atomic E-state index is -1.92. The number of cyclic esters (lactones) is 1. The van der Waals surface area contributed by atoms with Crippen LogP contribution in [0.25, 0.3) is 0 Å². The molecular weight excluding hydrogens is 878 g/mol. The molecule has 0 aliphatic carbocycles. The van der Waals surface area contributed by atoms with Crippen molar-refractivity contribution in [1.82, 2.24) is 36.9 Å². The first-order valence-electron chi connectivity index (χ1n) is 20.5. The Balaban J connectivity index is 1.43. The number of aromatic nitrogens is 1. The molecule has 1 fully saturated rings. The number of aromatic amines is 1. The lowest BCUT2D eigenvalue weighted by atomic mass is 10.0. The standard InChI is InChI=1S/C46H46ClN7O12/c1-23-40(59)53-38(27-17-29(55)21-30(56)18-27)45(64)54-39(28-19-31(57)22-32(58)20-28)46(65)66-24(2)37(44(63)51-34(42(61)48-23)15-25-9-5-3-6-10-25)52-43(62)35(16-26-11-7-4-8-12-26)50-41(60)33-13-14-36(47)49-33/h3-14,17-24,34-35,37-39,49,55-58H,15-16H2,1-2H3,(H,48,61)(H,50,60)(H,51,63)(H,52,62)(H,53,59)(H,54,64)/t23-,24-,34-,35+,37-,38-,39+/m1/s1. The Morgan fingerprint density at radius 1 is 0.652 bits per heavy atom. The molecule has 0 spiro atoms. The van der Waals surface area contributed by atoms with Gasteiger partial charge in [0, 0.05) is 25.0 Å². The van der Waals surface area contributed by atoms with E-state index in [1.54, 1.807) is 60.7 Å². The van der Waals surface area contributed by atoms with Gasteiger partial charge in [-0.3, -0.25) is 28.8 Å². The van der Waals surface area contributed by atoms with Crippen molar-refractivity contribution in [2.75, 3.05) is 0 Å². The van der Waals surface area contributed by atoms with E-state index >= 15 is 0 Å². The number of carbonyl (C=O) groups is 7. The highest BCUT2D eigenvalue weighted by Gasteiger charge is 2.39. The number of aromatic hydroxyl groups is 4. The van der Waals surface area contributed by atoms with Gasteiger partial charge in [-0.1, -0.05) is 72.3 Å². The molecule has 2 heterocycles. The Kier molecular flexibility index (Phi) is 15.1. The summed E-state index contributed by atoms with van der Waals surface area (Å²) in [6.45, 7) is 2.53. The highest BCUT2D eigenvalue weighted by atomic mass is 35.5. The molecule has 1 aliphatic heterocycles. The van der Waals surface area contributed by atoms with E-state index in [1.807, 2.05) is 0 Å². The molecular formula is C46H46ClN7O12. The second-order valence-electron chi connectivity index (χ2n) is 15.5. The van der Waals surface area contributed by atoms with Gasteiger partial charge in [-0.2, -0.15) is 0 Å². The number of phenolic OH excluding ortho intramolecular Hbond substituents is 4. The third-order valence-corrected chi connectivity index (χ3v) is 10.6. The molecule has 5 aromatic rings. The first kappa shape index (κ1) is 47.4. The fraction of sp³-hybridized carbons (Fsp3) is 0.239. The topological polar surface area (TPSA) is 298 Å². The Hall–Kier alpha value is -8.06. The Morgan fingerprint density at radius 2 is 1.20 bits per heavy atom. The Morgan fingerprint density at radius 3 is 1.76 bits per heavy atom. The van der Waals surface area contributed by atoms with Gasteiger partial charge in [-0.25, -0.2) is 4.79 Å². The molecule has 7 atom stereocenters. The minimum absolute atomic E-state index is 0.0162. The number of nitrogens with one attached hydrogen (secondary N) is 7. The number of benzene rings is 4. The number of rotatable bonds is 10. The molecule has 344 valence electrons. The summed E-state index contributed by atoms with van der Waals surface area (Å²) in [6.07, 6.45) is -1.89. The highest BCUT2D eigenvalue weighted by molar-refractivity contribution is 6.29. The number of esters is 1. The Bertz CT molecular complexity index is 2570. The van der Waals surface area contributed by atoms with Crippen LogP contribution in [0.15, 0.2) is 109 Å². The number of phenols is 4. The van der Waals surface area contributed by atoms with Crippen molar-refractivity contribution < 1.29 is 58.7 Å². The number of halogens is 1. The summed E-state index contributed by atoms with van der Waals surface area (Å²) in [6, 6.07) is 16.2. The fourth-order valence-corrected chi connectivity index (χ4v) is 7.27. The Labute approximate surface area is 381 Å². The van der Waals surface area contributed by atoms with Crippen LogP contribution >= 0.6 is 11.6 Å². The smallest absolute Gasteiger partial charge is 0.333 e. The highest BCUT2D eigenvalue weighted by Crippen LogP contribution is 2.29. The molecule has 0 unspecified atom stereocenters. The maximum atomic E-state index is 14.6. The lowest BCUT2D eigenvalue weighted by Crippen LogP contribution is -2.62. The van der Waals surface area contributed by atoms with Crippen molar-refractivity contribution in [3.05, 3.63) is 142 Å². The normalized spacial score (nSPS) is 21.2. The number of carbonyl (C=O) groups excluding carboxylic acids is 7. The van der Waals surface area contributed by atoms with Crippen LogP contribution < -0.4 is 31.9 Å². The average Bonchev–Trinajstić information content (AvgIpc) is 3.71. The van der Waals surface area contributed by atoms with Gasteiger partial charge in [0.15, 0.2) is 6.04 Å². The average molecular weight is 924 g/mol. The van der Waals surface area contributed by atoms with Gasteiger partial charge in [0.05, 0.1) is 0 Å². The molecule has 0 saturated carbocycles. The summed E-state index contributed by atoms with van der Waals surface area (Å²) in [7, 11) is 0. The van der Waals surface area contributed by atoms with Crippen LogP contribution in [0.3, 0.4) is 0 Å². The number of hydrogen-bond donors (Lipinski definition) is 11. The zero-order valence-electron chi connectivity index (χ0n) is 35.3. The van der Waals surface area contributed by atoms with E-state index in [4.69, 9.17) is 16.3 Å². The first-order valence-corrected chi connectivity index (χ1v) is 20.8. The molecule has 19 nitrogen and oxygen atoms in total. The molecule has 1 aromatic heterocycles. The van der Waals surface area contributed by atoms with E-state index in [2.05, 4.69) is 36.9 Å². The molecule has 1 aliphatic rings. The van der Waals surface area contributed by atoms with Gasteiger partial charge in [0.1, 0.15) is 70.2 Å². The van der Waals surface area contributed by atoms with Crippen molar-refractivity contribution in [1.29, 1.82) is 0 Å². The van der Waals surface area contributed by atoms with Crippen LogP contribution in [-0.4, -0.2) is 97.1 Å². The van der Waals surface area contributed by atoms with E-state index in [1.165, 1.54) is 26.0 Å². The number of amides is 6. The summed E-state index contributed by atoms with van der Waals surface area (Å²) in [4.78, 5) is 102. The minimum Gasteiger partial charge on any atom is -0.508 e. The first-order chi connectivity index (χ1) is 31.4. The maximum Gasteiger partial charge on any atom is 0.333 e. The van der Waals surface area contributed by atoms with E-state index in [0.717, 1.165) is 36.4 Å². The SMILES string of the molecule is C[C@H]1NC(=O)[C@@H](Cc2ccccc2)NC(=O)[C@H](NC(=O)[C@H](Cc2ccccc2)NC(=O)c2ccc(Cl)[nH]2)[C@@H](C)OC(=O)[C@H](c2cc(O)cc(O)c2)NC(=O)[C@@H](c2cc(O)cc(O)c2)NC1=O. The van der Waals surface area contributed by atoms with Gasteiger partial charge >= 0.3 is 5.97 Å². The predicted octanol–water partition coefficient (Wildman–Crippen LogP) is 2.21. The molecule has 66 heavy (non-hydrogen) atoms. The van der Waals surface area contributed by atoms with Gasteiger partial charge in [0.2, 0.25) is 29.5 Å². The quantitative estimate of drug-likeness (QED) is 0.0900. The van der Waals surface area contributed by atoms with E-state index in [9.17, 15) is 54.0 Å². The van der Waals surface area contributed by atoms with Crippen LogP contribution in [0.4, 0.5) is 0 Å². The van der Waals surface area contributed by atoms with E-state index < -0.39 is 107 Å². The third kappa shape index (κ3) is 12.3. The number of ether oxygens (including phenoxy) is 1. The zero-order valence-corrected chi connectivity index (χ0v) is 36.0. The van der Waals surface area contributed by atoms with Crippen LogP contribution in [0.2, 0.25) is 5.15 Å². The van der Waals surface area contributed by atoms with Gasteiger partial charge < -0.3 is 62.0 Å². The summed E-state index contributed by atoms with van der Waals surface area (Å²) >= 11 is 6.01. The summed E-state index contributed by atoms with van der Waals surface area (Å²) in [5, 5.41) is 56.9. The molecule has 4 aromatic carbocycles. The lowest BCUT2D eigenvalue weighted by Gasteiger charge is -2.31. The van der Waals surface area contributed by atoms with Crippen LogP contribution in [0.1, 0.15) is 58.7 Å². The summed E-state index contributed by atoms with van der Waals surface area (Å²) in [5.74, 6) is -9.11. The number of hydrogen-bond acceptors (Lipinski definition) is 12. The molecule has 20 heteroatoms. The van der Waals surface area contributed by atoms with Crippen molar-refractivity contribution in [3.8, 4) is 23.0 Å². The van der Waals surface area contributed by atoms with Gasteiger partial charge in [-0.15, -0.1) is 0 Å². The molecule has 6 amide bonds. The van der Waals surface area contributed by atoms with Crippen molar-refractivity contribution in [2.45, 2.75) is 69.0 Å². The maximum absolute atomic E-state index is 14.6. The van der Waals surface area contributed by atoms with Crippen molar-refractivity contribution in [3.63, 3.8) is 0 Å². The zero-order chi connectivity index (χ0) is 47.7. The molecule has 6 rings (SSSR count). The van der Waals surface area contributed by atoms with E-state index in [-0.39, 0.29) is 34.8 Å². The van der Waals surface area contributed by atoms with Crippen LogP contribution in [0.5, 0.6) is 23.0 Å². The summed E-state index contributed by atoms with van der Waals surface area (Å²) < 4.78 is 5.81. The monoisotopic (exact) mass is 923 g/mol. The van der Waals surface area contributed by atoms with Crippen molar-refractivity contribution >= 4 is 53.0 Å². The van der Waals surface area contributed by atoms with Gasteiger partial charge in [-0.05, 0) is 72.5 Å². The summed E-state index contributed by atoms with van der Waals surface area (Å²) in [5.41, 5.74) is 0.770.